The zero-order chi connectivity index (χ0) is 11.5. The lowest BCUT2D eigenvalue weighted by Gasteiger charge is -1.96. The zero-order valence-corrected chi connectivity index (χ0v) is 10.3. The second-order valence-corrected chi connectivity index (χ2v) is 4.18. The number of nitrogens with one attached hydrogen (secondary N) is 2. The van der Waals surface area contributed by atoms with Gasteiger partial charge in [0.05, 0.1) is 6.54 Å². The van der Waals surface area contributed by atoms with E-state index in [1.807, 2.05) is 7.05 Å². The zero-order valence-electron chi connectivity index (χ0n) is 8.72. The number of H-pyrrole nitrogens is 1. The van der Waals surface area contributed by atoms with Crippen LogP contribution >= 0.6 is 15.9 Å². The first-order valence-corrected chi connectivity index (χ1v) is 5.65. The van der Waals surface area contributed by atoms with Crippen LogP contribution in [0.4, 0.5) is 4.39 Å². The van der Waals surface area contributed by atoms with Gasteiger partial charge in [-0.2, -0.15) is 0 Å². The molecule has 2 rings (SSSR count). The van der Waals surface area contributed by atoms with E-state index >= 15 is 0 Å². The summed E-state index contributed by atoms with van der Waals surface area (Å²) in [4.78, 5) is 7.52. The van der Waals surface area contributed by atoms with Crippen LogP contribution in [0.3, 0.4) is 0 Å². The Labute approximate surface area is 101 Å². The fourth-order valence-electron chi connectivity index (χ4n) is 1.45. The third kappa shape index (κ3) is 2.31. The fourth-order valence-corrected chi connectivity index (χ4v) is 1.99. The molecule has 0 aliphatic heterocycles. The van der Waals surface area contributed by atoms with Crippen molar-refractivity contribution >= 4 is 15.9 Å². The van der Waals surface area contributed by atoms with Crippen molar-refractivity contribution in [3.63, 3.8) is 0 Å². The summed E-state index contributed by atoms with van der Waals surface area (Å²) in [5, 5.41) is 3.01. The monoisotopic (exact) mass is 283 g/mol. The molecular formula is C11H11BrFN3. The summed E-state index contributed by atoms with van der Waals surface area (Å²) in [5.41, 5.74) is 1.68. The van der Waals surface area contributed by atoms with Crippen molar-refractivity contribution in [1.82, 2.24) is 15.3 Å². The summed E-state index contributed by atoms with van der Waals surface area (Å²) in [6.45, 7) is 0.666. The summed E-state index contributed by atoms with van der Waals surface area (Å²) >= 11 is 3.40. The van der Waals surface area contributed by atoms with E-state index in [-0.39, 0.29) is 5.82 Å². The van der Waals surface area contributed by atoms with Gasteiger partial charge >= 0.3 is 0 Å². The van der Waals surface area contributed by atoms with Crippen molar-refractivity contribution in [3.8, 4) is 11.3 Å². The molecule has 0 aliphatic rings. The molecule has 2 aromatic rings. The van der Waals surface area contributed by atoms with Crippen LogP contribution < -0.4 is 5.32 Å². The molecule has 0 fully saturated rings. The van der Waals surface area contributed by atoms with E-state index in [0.29, 0.717) is 6.54 Å². The molecular weight excluding hydrogens is 273 g/mol. The van der Waals surface area contributed by atoms with Gasteiger partial charge in [0.25, 0.3) is 0 Å². The topological polar surface area (TPSA) is 40.7 Å². The molecule has 0 atom stereocenters. The predicted octanol–water partition coefficient (Wildman–Crippen LogP) is 2.70. The second kappa shape index (κ2) is 4.76. The average molecular weight is 284 g/mol. The van der Waals surface area contributed by atoms with Gasteiger partial charge in [0.2, 0.25) is 0 Å². The number of hydrogen-bond acceptors (Lipinski definition) is 2. The van der Waals surface area contributed by atoms with Crippen molar-refractivity contribution in [2.75, 3.05) is 7.05 Å². The molecule has 1 aromatic heterocycles. The highest BCUT2D eigenvalue weighted by atomic mass is 79.9. The van der Waals surface area contributed by atoms with Gasteiger partial charge in [-0.3, -0.25) is 0 Å². The smallest absolute Gasteiger partial charge is 0.123 e. The van der Waals surface area contributed by atoms with E-state index in [4.69, 9.17) is 0 Å². The van der Waals surface area contributed by atoms with Gasteiger partial charge in [0.1, 0.15) is 21.9 Å². The molecule has 16 heavy (non-hydrogen) atoms. The summed E-state index contributed by atoms with van der Waals surface area (Å²) in [7, 11) is 1.86. The molecule has 2 N–H and O–H groups in total. The maximum absolute atomic E-state index is 12.8. The van der Waals surface area contributed by atoms with E-state index in [2.05, 4.69) is 31.2 Å². The molecule has 0 radical (unpaired) electrons. The maximum atomic E-state index is 12.8. The van der Waals surface area contributed by atoms with Crippen molar-refractivity contribution in [1.29, 1.82) is 0 Å². The van der Waals surface area contributed by atoms with Crippen LogP contribution in [0, 0.1) is 5.82 Å². The Hall–Kier alpha value is -1.20. The highest BCUT2D eigenvalue weighted by molar-refractivity contribution is 9.10. The van der Waals surface area contributed by atoms with Crippen LogP contribution in [0.1, 0.15) is 5.82 Å². The van der Waals surface area contributed by atoms with Gasteiger partial charge in [-0.1, -0.05) is 0 Å². The van der Waals surface area contributed by atoms with Crippen LogP contribution in [0.5, 0.6) is 0 Å². The van der Waals surface area contributed by atoms with Gasteiger partial charge in [-0.15, -0.1) is 0 Å². The molecule has 0 unspecified atom stereocenters. The van der Waals surface area contributed by atoms with E-state index < -0.39 is 0 Å². The Morgan fingerprint density at radius 1 is 1.38 bits per heavy atom. The predicted molar refractivity (Wildman–Crippen MR) is 64.4 cm³/mol. The van der Waals surface area contributed by atoms with Gasteiger partial charge < -0.3 is 10.3 Å². The number of halogens is 2. The number of rotatable bonds is 3. The minimum Gasteiger partial charge on any atom is -0.335 e. The van der Waals surface area contributed by atoms with Crippen molar-refractivity contribution in [2.45, 2.75) is 6.54 Å². The lowest BCUT2D eigenvalue weighted by Crippen LogP contribution is -2.06. The standard InChI is InChI=1S/C11H11BrFN3/c1-14-6-9-15-10(11(12)16-9)7-2-4-8(13)5-3-7/h2-5,14H,6H2,1H3,(H,15,16). The third-order valence-corrected chi connectivity index (χ3v) is 2.74. The fraction of sp³-hybridized carbons (Fsp3) is 0.182. The second-order valence-electron chi connectivity index (χ2n) is 3.38. The summed E-state index contributed by atoms with van der Waals surface area (Å²) in [6.07, 6.45) is 0. The molecule has 0 amide bonds. The molecule has 0 bridgehead atoms. The Kier molecular flexibility index (Phi) is 3.36. The van der Waals surface area contributed by atoms with Crippen LogP contribution in [0.2, 0.25) is 0 Å². The first-order valence-electron chi connectivity index (χ1n) is 4.85. The molecule has 0 saturated carbocycles. The highest BCUT2D eigenvalue weighted by Crippen LogP contribution is 2.25. The van der Waals surface area contributed by atoms with Crippen LogP contribution in [-0.2, 0) is 6.54 Å². The van der Waals surface area contributed by atoms with E-state index in [1.165, 1.54) is 12.1 Å². The number of benzene rings is 1. The van der Waals surface area contributed by atoms with Gasteiger partial charge in [-0.05, 0) is 47.2 Å². The number of aromatic nitrogens is 2. The lowest BCUT2D eigenvalue weighted by molar-refractivity contribution is 0.628. The number of nitrogens with zero attached hydrogens (tertiary/aromatic N) is 1. The molecule has 84 valence electrons. The Balaban J connectivity index is 2.36. The van der Waals surface area contributed by atoms with E-state index in [1.54, 1.807) is 12.1 Å². The average Bonchev–Trinajstić information content (AvgIpc) is 2.61. The summed E-state index contributed by atoms with van der Waals surface area (Å²) < 4.78 is 13.6. The van der Waals surface area contributed by atoms with E-state index in [9.17, 15) is 4.39 Å². The van der Waals surface area contributed by atoms with Crippen LogP contribution in [0.15, 0.2) is 28.9 Å². The van der Waals surface area contributed by atoms with Crippen LogP contribution in [0.25, 0.3) is 11.3 Å². The van der Waals surface area contributed by atoms with Crippen LogP contribution in [-0.4, -0.2) is 17.0 Å². The SMILES string of the molecule is CNCc1nc(-c2ccc(F)cc2)c(Br)[nH]1. The highest BCUT2D eigenvalue weighted by Gasteiger charge is 2.09. The normalized spacial score (nSPS) is 10.7. The van der Waals surface area contributed by atoms with Crippen molar-refractivity contribution in [3.05, 3.63) is 40.5 Å². The first kappa shape index (κ1) is 11.3. The molecule has 5 heteroatoms. The third-order valence-electron chi connectivity index (χ3n) is 2.17. The molecule has 0 aliphatic carbocycles. The quantitative estimate of drug-likeness (QED) is 0.909. The van der Waals surface area contributed by atoms with Gasteiger partial charge in [-0.25, -0.2) is 9.37 Å². The Morgan fingerprint density at radius 3 is 2.69 bits per heavy atom. The Morgan fingerprint density at radius 2 is 2.06 bits per heavy atom. The summed E-state index contributed by atoms with van der Waals surface area (Å²) in [5.74, 6) is 0.597. The number of aromatic amines is 1. The first-order chi connectivity index (χ1) is 7.70. The van der Waals surface area contributed by atoms with Gasteiger partial charge in [0, 0.05) is 5.56 Å². The molecule has 0 saturated heterocycles. The summed E-state index contributed by atoms with van der Waals surface area (Å²) in [6, 6.07) is 6.27. The minimum atomic E-state index is -0.245. The number of imidazole rings is 1. The maximum Gasteiger partial charge on any atom is 0.123 e. The van der Waals surface area contributed by atoms with Crippen molar-refractivity contribution in [2.24, 2.45) is 0 Å². The van der Waals surface area contributed by atoms with Gasteiger partial charge in [0.15, 0.2) is 0 Å². The molecule has 0 spiro atoms. The lowest BCUT2D eigenvalue weighted by atomic mass is 10.2. The molecule has 1 aromatic carbocycles. The largest absolute Gasteiger partial charge is 0.335 e. The Bertz CT molecular complexity index is 478. The molecule has 1 heterocycles. The van der Waals surface area contributed by atoms with E-state index in [0.717, 1.165) is 21.7 Å². The minimum absolute atomic E-state index is 0.245. The van der Waals surface area contributed by atoms with Crippen molar-refractivity contribution < 1.29 is 4.39 Å². The number of hydrogen-bond donors (Lipinski definition) is 2. The molecule has 3 nitrogen and oxygen atoms in total.